The molecule has 0 aliphatic carbocycles. The second kappa shape index (κ2) is 5.14. The zero-order valence-electron chi connectivity index (χ0n) is 9.17. The molecule has 0 fully saturated rings. The SMILES string of the molecule is CC(C)(C)OC(=O)Nc1cc(Br)ncc1Br. The van der Waals surface area contributed by atoms with Crippen molar-refractivity contribution in [1.29, 1.82) is 0 Å². The number of aromatic nitrogens is 1. The van der Waals surface area contributed by atoms with Crippen LogP contribution in [-0.4, -0.2) is 16.7 Å². The monoisotopic (exact) mass is 350 g/mol. The molecule has 88 valence electrons. The maximum absolute atomic E-state index is 11.5. The van der Waals surface area contributed by atoms with E-state index in [1.54, 1.807) is 12.3 Å². The first-order valence-corrected chi connectivity index (χ1v) is 6.17. The number of anilines is 1. The zero-order valence-corrected chi connectivity index (χ0v) is 12.3. The number of pyridine rings is 1. The summed E-state index contributed by atoms with van der Waals surface area (Å²) in [6.45, 7) is 5.43. The number of amides is 1. The Morgan fingerprint density at radius 3 is 2.62 bits per heavy atom. The zero-order chi connectivity index (χ0) is 12.3. The minimum Gasteiger partial charge on any atom is -0.444 e. The summed E-state index contributed by atoms with van der Waals surface area (Å²) in [4.78, 5) is 15.5. The van der Waals surface area contributed by atoms with Crippen LogP contribution in [0.25, 0.3) is 0 Å². The Morgan fingerprint density at radius 1 is 1.44 bits per heavy atom. The molecule has 0 saturated heterocycles. The number of ether oxygens (including phenoxy) is 1. The molecule has 0 aromatic carbocycles. The summed E-state index contributed by atoms with van der Waals surface area (Å²) in [6, 6.07) is 1.69. The summed E-state index contributed by atoms with van der Waals surface area (Å²) in [5.41, 5.74) is 0.0944. The molecule has 0 atom stereocenters. The summed E-state index contributed by atoms with van der Waals surface area (Å²) in [6.07, 6.45) is 1.10. The summed E-state index contributed by atoms with van der Waals surface area (Å²) in [7, 11) is 0. The number of hydrogen-bond acceptors (Lipinski definition) is 3. The van der Waals surface area contributed by atoms with E-state index in [9.17, 15) is 4.79 Å². The molecule has 4 nitrogen and oxygen atoms in total. The van der Waals surface area contributed by atoms with Crippen LogP contribution in [0.5, 0.6) is 0 Å². The van der Waals surface area contributed by atoms with Crippen LogP contribution in [0.4, 0.5) is 10.5 Å². The van der Waals surface area contributed by atoms with Gasteiger partial charge >= 0.3 is 6.09 Å². The fraction of sp³-hybridized carbons (Fsp3) is 0.400. The van der Waals surface area contributed by atoms with E-state index in [1.165, 1.54) is 0 Å². The lowest BCUT2D eigenvalue weighted by Gasteiger charge is -2.19. The van der Waals surface area contributed by atoms with Gasteiger partial charge in [0.05, 0.1) is 10.2 Å². The number of hydrogen-bond donors (Lipinski definition) is 1. The van der Waals surface area contributed by atoms with Crippen molar-refractivity contribution in [2.24, 2.45) is 0 Å². The highest BCUT2D eigenvalue weighted by Crippen LogP contribution is 2.24. The minimum absolute atomic E-state index is 0.494. The highest BCUT2D eigenvalue weighted by Gasteiger charge is 2.17. The quantitative estimate of drug-likeness (QED) is 0.779. The van der Waals surface area contributed by atoms with Gasteiger partial charge in [0.2, 0.25) is 0 Å². The number of carbonyl (C=O) groups excluding carboxylic acids is 1. The molecule has 0 bridgehead atoms. The van der Waals surface area contributed by atoms with Crippen LogP contribution in [-0.2, 0) is 4.74 Å². The van der Waals surface area contributed by atoms with E-state index in [0.29, 0.717) is 14.8 Å². The first kappa shape index (κ1) is 13.4. The molecule has 0 unspecified atom stereocenters. The average Bonchev–Trinajstić information content (AvgIpc) is 2.08. The standard InChI is InChI=1S/C10H12Br2N2O2/c1-10(2,3)16-9(15)14-7-4-8(12)13-5-6(7)11/h4-5H,1-3H3,(H,13,14,15). The molecular weight excluding hydrogens is 340 g/mol. The van der Waals surface area contributed by atoms with E-state index in [-0.39, 0.29) is 0 Å². The molecule has 1 rings (SSSR count). The van der Waals surface area contributed by atoms with Crippen LogP contribution in [0.1, 0.15) is 20.8 Å². The van der Waals surface area contributed by atoms with Gasteiger partial charge in [0.1, 0.15) is 10.2 Å². The third-order valence-electron chi connectivity index (χ3n) is 1.46. The van der Waals surface area contributed by atoms with Crippen molar-refractivity contribution in [3.05, 3.63) is 21.3 Å². The number of halogens is 2. The summed E-state index contributed by atoms with van der Waals surface area (Å²) in [5, 5.41) is 2.63. The van der Waals surface area contributed by atoms with E-state index in [0.717, 1.165) is 0 Å². The van der Waals surface area contributed by atoms with E-state index in [2.05, 4.69) is 42.2 Å². The molecule has 1 aromatic rings. The van der Waals surface area contributed by atoms with E-state index in [1.807, 2.05) is 20.8 Å². The molecule has 1 aromatic heterocycles. The van der Waals surface area contributed by atoms with Crippen LogP contribution < -0.4 is 5.32 Å². The third kappa shape index (κ3) is 4.49. The predicted molar refractivity (Wildman–Crippen MR) is 69.5 cm³/mol. The van der Waals surface area contributed by atoms with Gasteiger partial charge in [-0.25, -0.2) is 9.78 Å². The van der Waals surface area contributed by atoms with Gasteiger partial charge < -0.3 is 4.74 Å². The topological polar surface area (TPSA) is 51.2 Å². The third-order valence-corrected chi connectivity index (χ3v) is 2.52. The second-order valence-corrected chi connectivity index (χ2v) is 5.78. The van der Waals surface area contributed by atoms with Gasteiger partial charge in [0, 0.05) is 6.20 Å². The Labute approximate surface area is 111 Å². The Kier molecular flexibility index (Phi) is 4.32. The van der Waals surface area contributed by atoms with Crippen molar-refractivity contribution in [1.82, 2.24) is 4.98 Å². The number of rotatable bonds is 1. The Bertz CT molecular complexity index is 402. The minimum atomic E-state index is -0.513. The molecule has 0 saturated carbocycles. The number of nitrogens with zero attached hydrogens (tertiary/aromatic N) is 1. The molecule has 1 N–H and O–H groups in total. The molecule has 1 heterocycles. The fourth-order valence-electron chi connectivity index (χ4n) is 0.923. The van der Waals surface area contributed by atoms with Gasteiger partial charge in [-0.3, -0.25) is 5.32 Å². The molecule has 16 heavy (non-hydrogen) atoms. The maximum Gasteiger partial charge on any atom is 0.412 e. The smallest absolute Gasteiger partial charge is 0.412 e. The molecular formula is C10H12Br2N2O2. The second-order valence-electron chi connectivity index (χ2n) is 4.11. The van der Waals surface area contributed by atoms with E-state index in [4.69, 9.17) is 4.74 Å². The predicted octanol–water partition coefficient (Wildman–Crippen LogP) is 3.95. The fourth-order valence-corrected chi connectivity index (χ4v) is 1.57. The van der Waals surface area contributed by atoms with Gasteiger partial charge in [0.25, 0.3) is 0 Å². The average molecular weight is 352 g/mol. The van der Waals surface area contributed by atoms with Crippen LogP contribution in [0.15, 0.2) is 21.3 Å². The number of carbonyl (C=O) groups is 1. The van der Waals surface area contributed by atoms with Gasteiger partial charge in [-0.1, -0.05) is 0 Å². The van der Waals surface area contributed by atoms with Gasteiger partial charge in [-0.15, -0.1) is 0 Å². The highest BCUT2D eigenvalue weighted by molar-refractivity contribution is 9.11. The first-order valence-electron chi connectivity index (χ1n) is 4.59. The Morgan fingerprint density at radius 2 is 2.06 bits per heavy atom. The van der Waals surface area contributed by atoms with E-state index < -0.39 is 11.7 Å². The Hall–Kier alpha value is -0.620. The lowest BCUT2D eigenvalue weighted by Crippen LogP contribution is -2.27. The van der Waals surface area contributed by atoms with Gasteiger partial charge in [0.15, 0.2) is 0 Å². The van der Waals surface area contributed by atoms with Crippen LogP contribution in [0.2, 0.25) is 0 Å². The largest absolute Gasteiger partial charge is 0.444 e. The summed E-state index contributed by atoms with van der Waals surface area (Å²) < 4.78 is 6.47. The molecule has 0 aliphatic rings. The van der Waals surface area contributed by atoms with Gasteiger partial charge in [-0.05, 0) is 58.7 Å². The van der Waals surface area contributed by atoms with Crippen molar-refractivity contribution in [3.63, 3.8) is 0 Å². The van der Waals surface area contributed by atoms with Crippen molar-refractivity contribution < 1.29 is 9.53 Å². The lowest BCUT2D eigenvalue weighted by molar-refractivity contribution is 0.0636. The van der Waals surface area contributed by atoms with Gasteiger partial charge in [-0.2, -0.15) is 0 Å². The molecule has 6 heteroatoms. The highest BCUT2D eigenvalue weighted by atomic mass is 79.9. The van der Waals surface area contributed by atoms with Crippen molar-refractivity contribution in [2.75, 3.05) is 5.32 Å². The first-order chi connectivity index (χ1) is 7.28. The van der Waals surface area contributed by atoms with E-state index >= 15 is 0 Å². The molecule has 0 spiro atoms. The van der Waals surface area contributed by atoms with Crippen LogP contribution in [0, 0.1) is 0 Å². The molecule has 1 amide bonds. The maximum atomic E-state index is 11.5. The summed E-state index contributed by atoms with van der Waals surface area (Å²) in [5.74, 6) is 0. The van der Waals surface area contributed by atoms with Crippen molar-refractivity contribution >= 4 is 43.6 Å². The molecule has 0 radical (unpaired) electrons. The molecule has 0 aliphatic heterocycles. The normalized spacial score (nSPS) is 11.1. The summed E-state index contributed by atoms with van der Waals surface area (Å²) >= 11 is 6.51. The van der Waals surface area contributed by atoms with Crippen LogP contribution in [0.3, 0.4) is 0 Å². The van der Waals surface area contributed by atoms with Crippen molar-refractivity contribution in [2.45, 2.75) is 26.4 Å². The van der Waals surface area contributed by atoms with Crippen molar-refractivity contribution in [3.8, 4) is 0 Å². The lowest BCUT2D eigenvalue weighted by atomic mass is 10.2. The number of nitrogens with one attached hydrogen (secondary N) is 1. The Balaban J connectivity index is 2.73. The van der Waals surface area contributed by atoms with Crippen LogP contribution >= 0.6 is 31.9 Å².